The lowest BCUT2D eigenvalue weighted by molar-refractivity contribution is 0.150. The highest BCUT2D eigenvalue weighted by Gasteiger charge is 2.11. The van der Waals surface area contributed by atoms with Gasteiger partial charge in [-0.3, -0.25) is 4.90 Å². The summed E-state index contributed by atoms with van der Waals surface area (Å²) in [5.74, 6) is 0. The summed E-state index contributed by atoms with van der Waals surface area (Å²) in [6, 6.07) is 0.659. The number of likely N-dealkylation sites (N-methyl/N-ethyl adjacent to an activating group) is 1. The molecule has 0 unspecified atom stereocenters. The molecule has 0 saturated carbocycles. The molecule has 2 nitrogen and oxygen atoms in total. The van der Waals surface area contributed by atoms with E-state index in [9.17, 15) is 0 Å². The quantitative estimate of drug-likeness (QED) is 0.694. The van der Waals surface area contributed by atoms with E-state index in [1.807, 2.05) is 13.8 Å². The molecular weight excluding hydrogens is 162 g/mol. The summed E-state index contributed by atoms with van der Waals surface area (Å²) in [6.45, 7) is 12.7. The molecule has 0 fully saturated rings. The molecular formula is C11H27NO. The fourth-order valence-corrected chi connectivity index (χ4v) is 1.53. The van der Waals surface area contributed by atoms with E-state index in [0.717, 1.165) is 13.1 Å². The molecule has 0 saturated heterocycles. The van der Waals surface area contributed by atoms with E-state index in [0.29, 0.717) is 6.04 Å². The van der Waals surface area contributed by atoms with Gasteiger partial charge in [0.15, 0.2) is 0 Å². The number of aliphatic hydroxyl groups is 1. The monoisotopic (exact) mass is 189 g/mol. The number of aliphatic hydroxyl groups excluding tert-OH is 1. The number of nitrogens with zero attached hydrogens (tertiary/aromatic N) is 1. The SMILES string of the molecule is CC.CCC(CC)N(CC)CCO. The van der Waals surface area contributed by atoms with Crippen molar-refractivity contribution in [2.24, 2.45) is 0 Å². The van der Waals surface area contributed by atoms with Gasteiger partial charge in [0.25, 0.3) is 0 Å². The lowest BCUT2D eigenvalue weighted by atomic mass is 10.1. The molecule has 0 bridgehead atoms. The second-order valence-corrected chi connectivity index (χ2v) is 2.82. The molecule has 0 heterocycles. The molecule has 1 N–H and O–H groups in total. The normalized spacial score (nSPS) is 10.2. The first-order chi connectivity index (χ1) is 6.29. The fraction of sp³-hybridized carbons (Fsp3) is 1.00. The van der Waals surface area contributed by atoms with Crippen molar-refractivity contribution in [3.8, 4) is 0 Å². The molecule has 0 aromatic heterocycles. The second kappa shape index (κ2) is 11.9. The highest BCUT2D eigenvalue weighted by Crippen LogP contribution is 2.06. The summed E-state index contributed by atoms with van der Waals surface area (Å²) in [6.07, 6.45) is 2.37. The van der Waals surface area contributed by atoms with E-state index in [1.54, 1.807) is 0 Å². The third kappa shape index (κ3) is 7.03. The van der Waals surface area contributed by atoms with E-state index in [-0.39, 0.29) is 6.61 Å². The summed E-state index contributed by atoms with van der Waals surface area (Å²) in [4.78, 5) is 2.33. The van der Waals surface area contributed by atoms with Crippen molar-refractivity contribution in [3.63, 3.8) is 0 Å². The van der Waals surface area contributed by atoms with E-state index in [4.69, 9.17) is 5.11 Å². The first kappa shape index (κ1) is 15.4. The van der Waals surface area contributed by atoms with Gasteiger partial charge >= 0.3 is 0 Å². The second-order valence-electron chi connectivity index (χ2n) is 2.82. The first-order valence-corrected chi connectivity index (χ1v) is 5.64. The summed E-state index contributed by atoms with van der Waals surface area (Å²) < 4.78 is 0. The van der Waals surface area contributed by atoms with Gasteiger partial charge in [-0.05, 0) is 19.4 Å². The average molecular weight is 189 g/mol. The number of hydrogen-bond donors (Lipinski definition) is 1. The van der Waals surface area contributed by atoms with Gasteiger partial charge in [0, 0.05) is 12.6 Å². The lowest BCUT2D eigenvalue weighted by Gasteiger charge is -2.28. The highest BCUT2D eigenvalue weighted by atomic mass is 16.3. The average Bonchev–Trinajstić information content (AvgIpc) is 2.21. The van der Waals surface area contributed by atoms with E-state index in [2.05, 4.69) is 25.7 Å². The molecule has 0 atom stereocenters. The Morgan fingerprint density at radius 2 is 1.54 bits per heavy atom. The molecule has 0 aliphatic heterocycles. The van der Waals surface area contributed by atoms with Crippen LogP contribution in [0.3, 0.4) is 0 Å². The van der Waals surface area contributed by atoms with Crippen LogP contribution in [0.15, 0.2) is 0 Å². The van der Waals surface area contributed by atoms with Crippen LogP contribution < -0.4 is 0 Å². The van der Waals surface area contributed by atoms with Gasteiger partial charge < -0.3 is 5.11 Å². The van der Waals surface area contributed by atoms with E-state index >= 15 is 0 Å². The lowest BCUT2D eigenvalue weighted by Crippen LogP contribution is -2.36. The van der Waals surface area contributed by atoms with Crippen molar-refractivity contribution < 1.29 is 5.11 Å². The predicted molar refractivity (Wildman–Crippen MR) is 60.1 cm³/mol. The summed E-state index contributed by atoms with van der Waals surface area (Å²) in [7, 11) is 0. The van der Waals surface area contributed by atoms with Crippen LogP contribution in [0.25, 0.3) is 0 Å². The highest BCUT2D eigenvalue weighted by molar-refractivity contribution is 4.66. The van der Waals surface area contributed by atoms with Crippen molar-refractivity contribution in [2.75, 3.05) is 19.7 Å². The minimum atomic E-state index is 0.282. The summed E-state index contributed by atoms with van der Waals surface area (Å²) in [5.41, 5.74) is 0. The summed E-state index contributed by atoms with van der Waals surface area (Å²) in [5, 5.41) is 8.77. The maximum Gasteiger partial charge on any atom is 0.0558 e. The van der Waals surface area contributed by atoms with Crippen LogP contribution in [-0.2, 0) is 0 Å². The summed E-state index contributed by atoms with van der Waals surface area (Å²) >= 11 is 0. The van der Waals surface area contributed by atoms with Crippen LogP contribution in [-0.4, -0.2) is 35.7 Å². The van der Waals surface area contributed by atoms with Gasteiger partial charge in [-0.15, -0.1) is 0 Å². The molecule has 0 radical (unpaired) electrons. The Labute approximate surface area is 83.9 Å². The third-order valence-corrected chi connectivity index (χ3v) is 2.25. The molecule has 0 aromatic rings. The fourth-order valence-electron chi connectivity index (χ4n) is 1.53. The van der Waals surface area contributed by atoms with Gasteiger partial charge in [0.2, 0.25) is 0 Å². The molecule has 0 rings (SSSR count). The zero-order valence-corrected chi connectivity index (χ0v) is 10.0. The maximum absolute atomic E-state index is 8.77. The van der Waals surface area contributed by atoms with Crippen LogP contribution in [0, 0.1) is 0 Å². The van der Waals surface area contributed by atoms with Gasteiger partial charge in [-0.1, -0.05) is 34.6 Å². The van der Waals surface area contributed by atoms with Crippen molar-refractivity contribution in [3.05, 3.63) is 0 Å². The minimum Gasteiger partial charge on any atom is -0.395 e. The minimum absolute atomic E-state index is 0.282. The Balaban J connectivity index is 0. The Bertz CT molecular complexity index is 82.2. The molecule has 0 amide bonds. The first-order valence-electron chi connectivity index (χ1n) is 5.64. The topological polar surface area (TPSA) is 23.5 Å². The number of rotatable bonds is 6. The van der Waals surface area contributed by atoms with Crippen molar-refractivity contribution in [2.45, 2.75) is 53.5 Å². The van der Waals surface area contributed by atoms with E-state index < -0.39 is 0 Å². The van der Waals surface area contributed by atoms with Crippen LogP contribution >= 0.6 is 0 Å². The predicted octanol–water partition coefficient (Wildman–Crippen LogP) is 2.52. The van der Waals surface area contributed by atoms with Gasteiger partial charge in [-0.2, -0.15) is 0 Å². The number of hydrogen-bond acceptors (Lipinski definition) is 2. The van der Waals surface area contributed by atoms with Gasteiger partial charge in [0.1, 0.15) is 0 Å². The largest absolute Gasteiger partial charge is 0.395 e. The molecule has 82 valence electrons. The van der Waals surface area contributed by atoms with E-state index in [1.165, 1.54) is 12.8 Å². The van der Waals surface area contributed by atoms with Gasteiger partial charge in [-0.25, -0.2) is 0 Å². The van der Waals surface area contributed by atoms with Crippen molar-refractivity contribution >= 4 is 0 Å². The zero-order chi connectivity index (χ0) is 10.7. The van der Waals surface area contributed by atoms with Crippen LogP contribution in [0.4, 0.5) is 0 Å². The van der Waals surface area contributed by atoms with Crippen LogP contribution in [0.5, 0.6) is 0 Å². The smallest absolute Gasteiger partial charge is 0.0558 e. The van der Waals surface area contributed by atoms with Crippen molar-refractivity contribution in [1.82, 2.24) is 4.90 Å². The van der Waals surface area contributed by atoms with Crippen LogP contribution in [0.2, 0.25) is 0 Å². The van der Waals surface area contributed by atoms with Gasteiger partial charge in [0.05, 0.1) is 6.61 Å². The molecule has 2 heteroatoms. The Kier molecular flexibility index (Phi) is 14.1. The molecule has 13 heavy (non-hydrogen) atoms. The Hall–Kier alpha value is -0.0800. The third-order valence-electron chi connectivity index (χ3n) is 2.25. The van der Waals surface area contributed by atoms with Crippen LogP contribution in [0.1, 0.15) is 47.5 Å². The maximum atomic E-state index is 8.77. The van der Waals surface area contributed by atoms with Crippen molar-refractivity contribution in [1.29, 1.82) is 0 Å². The molecule has 0 aromatic carbocycles. The Morgan fingerprint density at radius 3 is 1.77 bits per heavy atom. The zero-order valence-electron chi connectivity index (χ0n) is 10.0. The molecule has 0 spiro atoms. The molecule has 0 aliphatic carbocycles. The molecule has 0 aliphatic rings. The standard InChI is InChI=1S/C9H21NO.C2H6/c1-4-9(5-2)10(6-3)7-8-11;1-2/h9,11H,4-8H2,1-3H3;1-2H3. The Morgan fingerprint density at radius 1 is 1.08 bits per heavy atom.